The second-order valence-electron chi connectivity index (χ2n) is 4.91. The van der Waals surface area contributed by atoms with Crippen molar-refractivity contribution in [1.29, 1.82) is 0 Å². The molecule has 2 rings (SSSR count). The van der Waals surface area contributed by atoms with Crippen LogP contribution in [0.3, 0.4) is 0 Å². The molecule has 1 aromatic heterocycles. The van der Waals surface area contributed by atoms with Crippen molar-refractivity contribution in [2.45, 2.75) is 25.8 Å². The Kier molecular flexibility index (Phi) is 4.38. The van der Waals surface area contributed by atoms with Crippen molar-refractivity contribution < 1.29 is 0 Å². The van der Waals surface area contributed by atoms with E-state index in [-0.39, 0.29) is 0 Å². The lowest BCUT2D eigenvalue weighted by Gasteiger charge is -2.32. The van der Waals surface area contributed by atoms with Gasteiger partial charge in [-0.15, -0.1) is 0 Å². The molecular formula is C13H23N5. The van der Waals surface area contributed by atoms with Gasteiger partial charge >= 0.3 is 0 Å². The number of aromatic nitrogens is 1. The van der Waals surface area contributed by atoms with Crippen molar-refractivity contribution in [2.24, 2.45) is 5.84 Å². The molecule has 5 nitrogen and oxygen atoms in total. The van der Waals surface area contributed by atoms with E-state index >= 15 is 0 Å². The lowest BCUT2D eigenvalue weighted by Crippen LogP contribution is -2.39. The number of nitrogen functional groups attached to an aromatic ring is 1. The van der Waals surface area contributed by atoms with Crippen LogP contribution in [0.25, 0.3) is 0 Å². The highest BCUT2D eigenvalue weighted by atomic mass is 15.3. The molecule has 1 aromatic rings. The van der Waals surface area contributed by atoms with Gasteiger partial charge in [0.05, 0.1) is 0 Å². The number of hydrogen-bond donors (Lipinski definition) is 2. The fourth-order valence-electron chi connectivity index (χ4n) is 2.61. The summed E-state index contributed by atoms with van der Waals surface area (Å²) in [6.45, 7) is 5.63. The Balaban J connectivity index is 2.22. The third-order valence-electron chi connectivity index (χ3n) is 3.60. The summed E-state index contributed by atoms with van der Waals surface area (Å²) in [4.78, 5) is 9.06. The van der Waals surface area contributed by atoms with E-state index in [1.807, 2.05) is 12.3 Å². The van der Waals surface area contributed by atoms with Crippen LogP contribution in [0.2, 0.25) is 0 Å². The van der Waals surface area contributed by atoms with Crippen LogP contribution in [0.4, 0.5) is 11.5 Å². The van der Waals surface area contributed by atoms with E-state index in [0.717, 1.165) is 25.3 Å². The topological polar surface area (TPSA) is 57.4 Å². The number of anilines is 2. The molecule has 0 radical (unpaired) electrons. The van der Waals surface area contributed by atoms with Crippen LogP contribution in [-0.2, 0) is 0 Å². The summed E-state index contributed by atoms with van der Waals surface area (Å²) >= 11 is 0. The third-order valence-corrected chi connectivity index (χ3v) is 3.60. The van der Waals surface area contributed by atoms with Gasteiger partial charge in [-0.05, 0) is 32.5 Å². The molecule has 0 bridgehead atoms. The summed E-state index contributed by atoms with van der Waals surface area (Å²) in [6, 6.07) is 4.65. The predicted molar refractivity (Wildman–Crippen MR) is 75.6 cm³/mol. The van der Waals surface area contributed by atoms with Gasteiger partial charge in [-0.3, -0.25) is 0 Å². The number of pyridine rings is 1. The van der Waals surface area contributed by atoms with E-state index in [0.29, 0.717) is 6.04 Å². The Hall–Kier alpha value is -1.33. The van der Waals surface area contributed by atoms with Crippen LogP contribution in [0.15, 0.2) is 18.3 Å². The average molecular weight is 249 g/mol. The average Bonchev–Trinajstić information content (AvgIpc) is 2.60. The zero-order chi connectivity index (χ0) is 13.0. The predicted octanol–water partition coefficient (Wildman–Crippen LogP) is 1.29. The van der Waals surface area contributed by atoms with E-state index < -0.39 is 0 Å². The maximum atomic E-state index is 5.43. The molecule has 18 heavy (non-hydrogen) atoms. The molecule has 5 heteroatoms. The maximum Gasteiger partial charge on any atom is 0.141 e. The van der Waals surface area contributed by atoms with E-state index in [2.05, 4.69) is 40.2 Å². The number of likely N-dealkylation sites (N-methyl/N-ethyl adjacent to an activating group) is 1. The highest BCUT2D eigenvalue weighted by molar-refractivity contribution is 5.54. The summed E-state index contributed by atoms with van der Waals surface area (Å²) in [5.74, 6) is 6.15. The van der Waals surface area contributed by atoms with Crippen molar-refractivity contribution in [1.82, 2.24) is 9.88 Å². The third kappa shape index (κ3) is 2.91. The van der Waals surface area contributed by atoms with Crippen LogP contribution in [0, 0.1) is 0 Å². The van der Waals surface area contributed by atoms with Crippen molar-refractivity contribution >= 4 is 11.5 Å². The van der Waals surface area contributed by atoms with Crippen LogP contribution >= 0.6 is 0 Å². The van der Waals surface area contributed by atoms with Crippen molar-refractivity contribution in [3.05, 3.63) is 18.3 Å². The molecule has 0 saturated carbocycles. The Morgan fingerprint density at radius 1 is 1.50 bits per heavy atom. The zero-order valence-electron chi connectivity index (χ0n) is 11.3. The van der Waals surface area contributed by atoms with E-state index in [4.69, 9.17) is 5.84 Å². The summed E-state index contributed by atoms with van der Waals surface area (Å²) in [7, 11) is 2.20. The van der Waals surface area contributed by atoms with Gasteiger partial charge < -0.3 is 15.2 Å². The molecule has 1 saturated heterocycles. The SMILES string of the molecule is CCC1CN(C)CCCN1c1ccnc(NN)c1. The van der Waals surface area contributed by atoms with Gasteiger partial charge in [-0.25, -0.2) is 10.8 Å². The Labute approximate surface area is 109 Å². The number of nitrogens with zero attached hydrogens (tertiary/aromatic N) is 3. The minimum Gasteiger partial charge on any atom is -0.367 e. The monoisotopic (exact) mass is 249 g/mol. The van der Waals surface area contributed by atoms with Gasteiger partial charge in [-0.1, -0.05) is 6.92 Å². The standard InChI is InChI=1S/C13H23N5/c1-3-11-10-17(2)7-4-8-18(11)12-5-6-15-13(9-12)16-14/h5-6,9,11H,3-4,7-8,10,14H2,1-2H3,(H,15,16). The van der Waals surface area contributed by atoms with E-state index in [1.165, 1.54) is 18.7 Å². The van der Waals surface area contributed by atoms with E-state index in [1.54, 1.807) is 0 Å². The first-order valence-electron chi connectivity index (χ1n) is 6.62. The van der Waals surface area contributed by atoms with Crippen molar-refractivity contribution in [2.75, 3.05) is 37.0 Å². The number of rotatable bonds is 3. The molecule has 0 aromatic carbocycles. The quantitative estimate of drug-likeness (QED) is 0.624. The molecule has 1 unspecified atom stereocenters. The molecule has 1 aliphatic heterocycles. The second kappa shape index (κ2) is 6.02. The van der Waals surface area contributed by atoms with Gasteiger partial charge in [0, 0.05) is 37.1 Å². The minimum absolute atomic E-state index is 0.561. The summed E-state index contributed by atoms with van der Waals surface area (Å²) < 4.78 is 0. The van der Waals surface area contributed by atoms with Crippen molar-refractivity contribution in [3.63, 3.8) is 0 Å². The Morgan fingerprint density at radius 2 is 2.33 bits per heavy atom. The highest BCUT2D eigenvalue weighted by Gasteiger charge is 2.22. The smallest absolute Gasteiger partial charge is 0.141 e. The molecule has 3 N–H and O–H groups in total. The van der Waals surface area contributed by atoms with Gasteiger partial charge in [-0.2, -0.15) is 0 Å². The lowest BCUT2D eigenvalue weighted by atomic mass is 10.1. The molecule has 0 spiro atoms. The van der Waals surface area contributed by atoms with Crippen LogP contribution < -0.4 is 16.2 Å². The van der Waals surface area contributed by atoms with Crippen molar-refractivity contribution in [3.8, 4) is 0 Å². The molecule has 0 aliphatic carbocycles. The number of nitrogens with one attached hydrogen (secondary N) is 1. The van der Waals surface area contributed by atoms with E-state index in [9.17, 15) is 0 Å². The summed E-state index contributed by atoms with van der Waals surface area (Å²) in [5.41, 5.74) is 3.82. The van der Waals surface area contributed by atoms with Crippen LogP contribution in [0.1, 0.15) is 19.8 Å². The summed E-state index contributed by atoms with van der Waals surface area (Å²) in [5, 5.41) is 0. The molecule has 0 amide bonds. The molecule has 2 heterocycles. The van der Waals surface area contributed by atoms with Crippen LogP contribution in [-0.4, -0.2) is 42.6 Å². The normalized spacial score (nSPS) is 21.7. The first kappa shape index (κ1) is 13.1. The second-order valence-corrected chi connectivity index (χ2v) is 4.91. The molecule has 1 atom stereocenters. The number of hydrogen-bond acceptors (Lipinski definition) is 5. The maximum absolute atomic E-state index is 5.43. The highest BCUT2D eigenvalue weighted by Crippen LogP contribution is 2.23. The molecule has 100 valence electrons. The van der Waals surface area contributed by atoms with Gasteiger partial charge in [0.25, 0.3) is 0 Å². The zero-order valence-corrected chi connectivity index (χ0v) is 11.3. The fraction of sp³-hybridized carbons (Fsp3) is 0.615. The number of nitrogens with two attached hydrogens (primary N) is 1. The largest absolute Gasteiger partial charge is 0.367 e. The molecule has 1 fully saturated rings. The lowest BCUT2D eigenvalue weighted by molar-refractivity contribution is 0.328. The first-order valence-corrected chi connectivity index (χ1v) is 6.62. The first-order chi connectivity index (χ1) is 8.74. The summed E-state index contributed by atoms with van der Waals surface area (Å²) in [6.07, 6.45) is 4.16. The molecular weight excluding hydrogens is 226 g/mol. The fourth-order valence-corrected chi connectivity index (χ4v) is 2.61. The Bertz CT molecular complexity index is 381. The minimum atomic E-state index is 0.561. The number of hydrazine groups is 1. The Morgan fingerprint density at radius 3 is 3.06 bits per heavy atom. The molecule has 1 aliphatic rings. The van der Waals surface area contributed by atoms with Gasteiger partial charge in [0.2, 0.25) is 0 Å². The van der Waals surface area contributed by atoms with Gasteiger partial charge in [0.1, 0.15) is 5.82 Å². The van der Waals surface area contributed by atoms with Crippen LogP contribution in [0.5, 0.6) is 0 Å². The van der Waals surface area contributed by atoms with Gasteiger partial charge in [0.15, 0.2) is 0 Å².